The highest BCUT2D eigenvalue weighted by molar-refractivity contribution is 6.30. The van der Waals surface area contributed by atoms with E-state index in [1.54, 1.807) is 48.8 Å². The van der Waals surface area contributed by atoms with E-state index in [0.29, 0.717) is 22.9 Å². The van der Waals surface area contributed by atoms with Gasteiger partial charge in [-0.15, -0.1) is 0 Å². The van der Waals surface area contributed by atoms with Crippen molar-refractivity contribution in [2.45, 2.75) is 19.6 Å². The number of amidine groups is 1. The number of carbonyl (C=O) groups excluding carboxylic acids is 1. The van der Waals surface area contributed by atoms with Gasteiger partial charge in [0, 0.05) is 28.5 Å². The van der Waals surface area contributed by atoms with Crippen LogP contribution in [-0.4, -0.2) is 23.3 Å². The zero-order chi connectivity index (χ0) is 22.1. The lowest BCUT2D eigenvalue weighted by Gasteiger charge is -2.14. The first-order chi connectivity index (χ1) is 15.0. The van der Waals surface area contributed by atoms with Crippen LogP contribution < -0.4 is 15.8 Å². The van der Waals surface area contributed by atoms with Crippen molar-refractivity contribution in [3.8, 4) is 5.75 Å². The van der Waals surface area contributed by atoms with Crippen molar-refractivity contribution in [3.05, 3.63) is 94.8 Å². The molecule has 0 saturated carbocycles. The fraction of sp³-hybridized carbons (Fsp3) is 0.174. The fourth-order valence-corrected chi connectivity index (χ4v) is 2.83. The number of halogens is 1. The average molecular weight is 439 g/mol. The molecule has 31 heavy (non-hydrogen) atoms. The van der Waals surface area contributed by atoms with Crippen molar-refractivity contribution in [2.24, 2.45) is 10.9 Å². The van der Waals surface area contributed by atoms with Gasteiger partial charge in [-0.25, -0.2) is 0 Å². The molecule has 0 aliphatic heterocycles. The molecule has 1 heterocycles. The van der Waals surface area contributed by atoms with Gasteiger partial charge in [-0.3, -0.25) is 9.78 Å². The monoisotopic (exact) mass is 438 g/mol. The third-order valence-electron chi connectivity index (χ3n) is 4.38. The predicted molar refractivity (Wildman–Crippen MR) is 120 cm³/mol. The molecule has 0 saturated heterocycles. The number of nitrogens with two attached hydrogens (primary N) is 1. The van der Waals surface area contributed by atoms with Gasteiger partial charge in [-0.05, 0) is 55.0 Å². The molecule has 0 spiro atoms. The smallest absolute Gasteiger partial charge is 0.261 e. The number of pyridine rings is 1. The van der Waals surface area contributed by atoms with Crippen LogP contribution in [0.25, 0.3) is 0 Å². The Morgan fingerprint density at radius 1 is 1.16 bits per heavy atom. The third-order valence-corrected chi connectivity index (χ3v) is 4.64. The van der Waals surface area contributed by atoms with Gasteiger partial charge in [0.1, 0.15) is 12.4 Å². The van der Waals surface area contributed by atoms with Crippen molar-refractivity contribution in [1.29, 1.82) is 0 Å². The minimum absolute atomic E-state index is 0.164. The molecule has 3 rings (SSSR count). The van der Waals surface area contributed by atoms with E-state index in [0.717, 1.165) is 11.1 Å². The Morgan fingerprint density at radius 2 is 1.90 bits per heavy atom. The van der Waals surface area contributed by atoms with E-state index in [-0.39, 0.29) is 24.4 Å². The molecule has 0 aliphatic carbocycles. The first-order valence-electron chi connectivity index (χ1n) is 9.63. The standard InChI is InChI=1S/C23H23ClN4O3/c1-16(18-4-8-20(24)9-5-18)27-22(29)15-31-28-23(25)19-6-10-21(11-7-19)30-14-17-3-2-12-26-13-17/h2-13,16H,14-15H2,1H3,(H2,25,28)(H,27,29). The van der Waals surface area contributed by atoms with Gasteiger partial charge >= 0.3 is 0 Å². The summed E-state index contributed by atoms with van der Waals surface area (Å²) in [5.41, 5.74) is 8.50. The van der Waals surface area contributed by atoms with Crippen LogP contribution in [0.5, 0.6) is 5.75 Å². The molecule has 8 heteroatoms. The number of benzene rings is 2. The summed E-state index contributed by atoms with van der Waals surface area (Å²) in [7, 11) is 0. The molecule has 1 unspecified atom stereocenters. The molecule has 0 radical (unpaired) electrons. The van der Waals surface area contributed by atoms with Crippen LogP contribution in [-0.2, 0) is 16.2 Å². The summed E-state index contributed by atoms with van der Waals surface area (Å²) in [5.74, 6) is 0.549. The predicted octanol–water partition coefficient (Wildman–Crippen LogP) is 3.83. The molecule has 0 fully saturated rings. The lowest BCUT2D eigenvalue weighted by Crippen LogP contribution is -2.30. The molecule has 3 N–H and O–H groups in total. The van der Waals surface area contributed by atoms with Gasteiger partial charge in [0.15, 0.2) is 12.4 Å². The van der Waals surface area contributed by atoms with Crippen LogP contribution in [0.2, 0.25) is 5.02 Å². The number of ether oxygens (including phenoxy) is 1. The second-order valence-corrected chi connectivity index (χ2v) is 7.20. The highest BCUT2D eigenvalue weighted by Gasteiger charge is 2.10. The molecular weight excluding hydrogens is 416 g/mol. The van der Waals surface area contributed by atoms with E-state index >= 15 is 0 Å². The van der Waals surface area contributed by atoms with Gasteiger partial charge in [-0.2, -0.15) is 0 Å². The second kappa shape index (κ2) is 11.0. The lowest BCUT2D eigenvalue weighted by molar-refractivity contribution is -0.126. The van der Waals surface area contributed by atoms with E-state index in [1.165, 1.54) is 0 Å². The summed E-state index contributed by atoms with van der Waals surface area (Å²) in [4.78, 5) is 21.2. The summed E-state index contributed by atoms with van der Waals surface area (Å²) in [6.07, 6.45) is 3.47. The minimum atomic E-state index is -0.307. The summed E-state index contributed by atoms with van der Waals surface area (Å²) >= 11 is 5.88. The lowest BCUT2D eigenvalue weighted by atomic mass is 10.1. The fourth-order valence-electron chi connectivity index (χ4n) is 2.70. The average Bonchev–Trinajstić information content (AvgIpc) is 2.79. The van der Waals surface area contributed by atoms with Crippen molar-refractivity contribution < 1.29 is 14.4 Å². The Bertz CT molecular complexity index is 1010. The summed E-state index contributed by atoms with van der Waals surface area (Å²) in [5, 5.41) is 7.28. The second-order valence-electron chi connectivity index (χ2n) is 6.77. The molecule has 0 bridgehead atoms. The number of amides is 1. The largest absolute Gasteiger partial charge is 0.489 e. The number of nitrogens with zero attached hydrogens (tertiary/aromatic N) is 2. The number of aromatic nitrogens is 1. The van der Waals surface area contributed by atoms with Gasteiger partial charge in [0.2, 0.25) is 0 Å². The third kappa shape index (κ3) is 7.01. The molecule has 1 amide bonds. The van der Waals surface area contributed by atoms with E-state index < -0.39 is 0 Å². The summed E-state index contributed by atoms with van der Waals surface area (Å²) < 4.78 is 5.71. The number of carbonyl (C=O) groups is 1. The van der Waals surface area contributed by atoms with Crippen LogP contribution >= 0.6 is 11.6 Å². The van der Waals surface area contributed by atoms with Crippen molar-refractivity contribution >= 4 is 23.3 Å². The molecular formula is C23H23ClN4O3. The quantitative estimate of drug-likeness (QED) is 0.300. The van der Waals surface area contributed by atoms with Gasteiger partial charge in [0.05, 0.1) is 6.04 Å². The molecule has 7 nitrogen and oxygen atoms in total. The molecule has 2 aromatic carbocycles. The van der Waals surface area contributed by atoms with E-state index in [4.69, 9.17) is 26.9 Å². The Balaban J connectivity index is 1.45. The maximum absolute atomic E-state index is 12.1. The first-order valence-corrected chi connectivity index (χ1v) is 10.0. The van der Waals surface area contributed by atoms with Gasteiger partial charge in [0.25, 0.3) is 5.91 Å². The van der Waals surface area contributed by atoms with E-state index in [9.17, 15) is 4.79 Å². The van der Waals surface area contributed by atoms with Crippen LogP contribution in [0, 0.1) is 0 Å². The number of hydrogen-bond acceptors (Lipinski definition) is 5. The van der Waals surface area contributed by atoms with Crippen LogP contribution in [0.1, 0.15) is 29.7 Å². The van der Waals surface area contributed by atoms with E-state index in [2.05, 4.69) is 15.5 Å². The highest BCUT2D eigenvalue weighted by atomic mass is 35.5. The van der Waals surface area contributed by atoms with Crippen molar-refractivity contribution in [3.63, 3.8) is 0 Å². The van der Waals surface area contributed by atoms with E-state index in [1.807, 2.05) is 31.2 Å². The zero-order valence-electron chi connectivity index (χ0n) is 17.0. The Labute approximate surface area is 185 Å². The first kappa shape index (κ1) is 22.1. The number of oxime groups is 1. The molecule has 160 valence electrons. The molecule has 0 aliphatic rings. The molecule has 1 aromatic heterocycles. The Kier molecular flexibility index (Phi) is 7.84. The topological polar surface area (TPSA) is 98.8 Å². The normalized spacial score (nSPS) is 12.1. The minimum Gasteiger partial charge on any atom is -0.489 e. The number of hydrogen-bond donors (Lipinski definition) is 2. The van der Waals surface area contributed by atoms with Crippen LogP contribution in [0.3, 0.4) is 0 Å². The molecule has 1 atom stereocenters. The Morgan fingerprint density at radius 3 is 2.58 bits per heavy atom. The zero-order valence-corrected chi connectivity index (χ0v) is 17.8. The van der Waals surface area contributed by atoms with Crippen LogP contribution in [0.4, 0.5) is 0 Å². The number of rotatable bonds is 9. The maximum Gasteiger partial charge on any atom is 0.261 e. The SMILES string of the molecule is CC(NC(=O)CO/N=C(\N)c1ccc(OCc2cccnc2)cc1)c1ccc(Cl)cc1. The van der Waals surface area contributed by atoms with Gasteiger partial charge < -0.3 is 20.6 Å². The number of nitrogens with one attached hydrogen (secondary N) is 1. The van der Waals surface area contributed by atoms with Crippen molar-refractivity contribution in [1.82, 2.24) is 10.3 Å². The Hall–Kier alpha value is -3.58. The van der Waals surface area contributed by atoms with Crippen molar-refractivity contribution in [2.75, 3.05) is 6.61 Å². The van der Waals surface area contributed by atoms with Crippen LogP contribution in [0.15, 0.2) is 78.2 Å². The summed E-state index contributed by atoms with van der Waals surface area (Å²) in [6.45, 7) is 2.05. The van der Waals surface area contributed by atoms with Gasteiger partial charge in [-0.1, -0.05) is 35.0 Å². The molecule has 3 aromatic rings. The highest BCUT2D eigenvalue weighted by Crippen LogP contribution is 2.16. The summed E-state index contributed by atoms with van der Waals surface area (Å²) in [6, 6.07) is 18.0. The maximum atomic E-state index is 12.1.